The quantitative estimate of drug-likeness (QED) is 0.782. The molecule has 0 saturated heterocycles. The zero-order valence-corrected chi connectivity index (χ0v) is 13.3. The van der Waals surface area contributed by atoms with Crippen LogP contribution in [0, 0.1) is 11.7 Å². The highest BCUT2D eigenvalue weighted by Crippen LogP contribution is 2.21. The first kappa shape index (κ1) is 17.4. The lowest BCUT2D eigenvalue weighted by atomic mass is 10.0. The van der Waals surface area contributed by atoms with Crippen LogP contribution in [0.4, 0.5) is 4.39 Å². The van der Waals surface area contributed by atoms with Crippen molar-refractivity contribution < 1.29 is 23.8 Å². The standard InChI is InChI=1S/C14H17BrFNO4/c1-8(2)5-11(14(19)20)17-13(18)7-21-12-4-3-9(15)6-10(12)16/h3-4,6,8,11H,5,7H2,1-2H3,(H,17,18)(H,19,20)/t11-/m0/s1. The molecule has 0 fully saturated rings. The van der Waals surface area contributed by atoms with Gasteiger partial charge < -0.3 is 15.2 Å². The number of carbonyl (C=O) groups is 2. The minimum atomic E-state index is -1.10. The van der Waals surface area contributed by atoms with Crippen molar-refractivity contribution in [1.29, 1.82) is 0 Å². The summed E-state index contributed by atoms with van der Waals surface area (Å²) < 4.78 is 19.1. The summed E-state index contributed by atoms with van der Waals surface area (Å²) in [4.78, 5) is 22.7. The number of carbonyl (C=O) groups excluding carboxylic acids is 1. The lowest BCUT2D eigenvalue weighted by Gasteiger charge is -2.16. The second kappa shape index (κ2) is 7.97. The Morgan fingerprint density at radius 2 is 2.10 bits per heavy atom. The predicted octanol–water partition coefficient (Wildman–Crippen LogP) is 2.58. The number of halogens is 2. The molecular formula is C14H17BrFNO4. The van der Waals surface area contributed by atoms with Gasteiger partial charge in [-0.1, -0.05) is 29.8 Å². The van der Waals surface area contributed by atoms with Crippen LogP contribution in [0.3, 0.4) is 0 Å². The molecule has 0 saturated carbocycles. The van der Waals surface area contributed by atoms with Crippen molar-refractivity contribution in [3.05, 3.63) is 28.5 Å². The van der Waals surface area contributed by atoms with Crippen molar-refractivity contribution >= 4 is 27.8 Å². The van der Waals surface area contributed by atoms with E-state index in [1.807, 2.05) is 13.8 Å². The van der Waals surface area contributed by atoms with Crippen molar-refractivity contribution in [2.24, 2.45) is 5.92 Å². The van der Waals surface area contributed by atoms with Crippen LogP contribution in [0.25, 0.3) is 0 Å². The van der Waals surface area contributed by atoms with E-state index in [1.165, 1.54) is 12.1 Å². The third kappa shape index (κ3) is 6.12. The lowest BCUT2D eigenvalue weighted by Crippen LogP contribution is -2.43. The van der Waals surface area contributed by atoms with Crippen LogP contribution >= 0.6 is 15.9 Å². The zero-order valence-electron chi connectivity index (χ0n) is 11.7. The molecule has 1 aromatic rings. The molecule has 1 rings (SSSR count). The Morgan fingerprint density at radius 1 is 1.43 bits per heavy atom. The van der Waals surface area contributed by atoms with Gasteiger partial charge in [-0.3, -0.25) is 4.79 Å². The highest BCUT2D eigenvalue weighted by molar-refractivity contribution is 9.10. The number of carboxylic acids is 1. The Labute approximate surface area is 130 Å². The van der Waals surface area contributed by atoms with Crippen molar-refractivity contribution in [3.8, 4) is 5.75 Å². The van der Waals surface area contributed by atoms with Gasteiger partial charge in [0.2, 0.25) is 0 Å². The van der Waals surface area contributed by atoms with Crippen LogP contribution in [0.5, 0.6) is 5.75 Å². The van der Waals surface area contributed by atoms with Crippen LogP contribution in [-0.4, -0.2) is 29.6 Å². The SMILES string of the molecule is CC(C)C[C@H](NC(=O)COc1ccc(Br)cc1F)C(=O)O. The topological polar surface area (TPSA) is 75.6 Å². The number of amides is 1. The van der Waals surface area contributed by atoms with Crippen LogP contribution in [0.2, 0.25) is 0 Å². The summed E-state index contributed by atoms with van der Waals surface area (Å²) in [6.07, 6.45) is 0.313. The van der Waals surface area contributed by atoms with Crippen molar-refractivity contribution in [3.63, 3.8) is 0 Å². The number of ether oxygens (including phenoxy) is 1. The molecule has 21 heavy (non-hydrogen) atoms. The van der Waals surface area contributed by atoms with E-state index in [4.69, 9.17) is 9.84 Å². The Bertz CT molecular complexity index is 522. The first-order valence-corrected chi connectivity index (χ1v) is 7.19. The van der Waals surface area contributed by atoms with Gasteiger partial charge in [-0.25, -0.2) is 9.18 Å². The molecular weight excluding hydrogens is 345 g/mol. The summed E-state index contributed by atoms with van der Waals surface area (Å²) >= 11 is 3.11. The van der Waals surface area contributed by atoms with Crippen molar-refractivity contribution in [2.75, 3.05) is 6.61 Å². The average molecular weight is 362 g/mol. The highest BCUT2D eigenvalue weighted by Gasteiger charge is 2.21. The van der Waals surface area contributed by atoms with E-state index < -0.39 is 30.3 Å². The Kier molecular flexibility index (Phi) is 6.61. The second-order valence-corrected chi connectivity index (χ2v) is 5.87. The smallest absolute Gasteiger partial charge is 0.326 e. The predicted molar refractivity (Wildman–Crippen MR) is 78.6 cm³/mol. The molecule has 0 unspecified atom stereocenters. The number of hydrogen-bond acceptors (Lipinski definition) is 3. The van der Waals surface area contributed by atoms with Crippen molar-refractivity contribution in [1.82, 2.24) is 5.32 Å². The van der Waals surface area contributed by atoms with E-state index in [1.54, 1.807) is 6.07 Å². The third-order valence-corrected chi connectivity index (χ3v) is 3.09. The minimum Gasteiger partial charge on any atom is -0.481 e. The maximum Gasteiger partial charge on any atom is 0.326 e. The van der Waals surface area contributed by atoms with E-state index in [-0.39, 0.29) is 11.7 Å². The maximum atomic E-state index is 13.5. The number of rotatable bonds is 7. The average Bonchev–Trinajstić information content (AvgIpc) is 2.36. The Balaban J connectivity index is 2.54. The van der Waals surface area contributed by atoms with E-state index in [2.05, 4.69) is 21.2 Å². The summed E-state index contributed by atoms with van der Waals surface area (Å²) in [5.41, 5.74) is 0. The number of hydrogen-bond donors (Lipinski definition) is 2. The maximum absolute atomic E-state index is 13.5. The summed E-state index contributed by atoms with van der Waals surface area (Å²) in [7, 11) is 0. The molecule has 0 aliphatic carbocycles. The van der Waals surface area contributed by atoms with Gasteiger partial charge in [-0.05, 0) is 30.5 Å². The van der Waals surface area contributed by atoms with Crippen LogP contribution in [-0.2, 0) is 9.59 Å². The van der Waals surface area contributed by atoms with Crippen LogP contribution in [0.15, 0.2) is 22.7 Å². The Hall–Kier alpha value is -1.63. The lowest BCUT2D eigenvalue weighted by molar-refractivity contribution is -0.142. The molecule has 0 aromatic heterocycles. The van der Waals surface area contributed by atoms with Crippen LogP contribution in [0.1, 0.15) is 20.3 Å². The fourth-order valence-corrected chi connectivity index (χ4v) is 2.00. The molecule has 2 N–H and O–H groups in total. The first-order valence-electron chi connectivity index (χ1n) is 6.39. The fourth-order valence-electron chi connectivity index (χ4n) is 1.66. The second-order valence-electron chi connectivity index (χ2n) is 4.95. The van der Waals surface area contributed by atoms with Gasteiger partial charge in [-0.15, -0.1) is 0 Å². The largest absolute Gasteiger partial charge is 0.481 e. The molecule has 0 spiro atoms. The van der Waals surface area contributed by atoms with E-state index in [0.717, 1.165) is 0 Å². The van der Waals surface area contributed by atoms with Gasteiger partial charge in [0.15, 0.2) is 18.2 Å². The summed E-state index contributed by atoms with van der Waals surface area (Å²) in [6.45, 7) is 3.27. The van der Waals surface area contributed by atoms with Crippen molar-refractivity contribution in [2.45, 2.75) is 26.3 Å². The summed E-state index contributed by atoms with van der Waals surface area (Å²) in [5.74, 6) is -2.26. The number of nitrogens with one attached hydrogen (secondary N) is 1. The molecule has 5 nitrogen and oxygen atoms in total. The molecule has 0 aliphatic rings. The van der Waals surface area contributed by atoms with Gasteiger partial charge in [0.05, 0.1) is 0 Å². The molecule has 116 valence electrons. The monoisotopic (exact) mass is 361 g/mol. The highest BCUT2D eigenvalue weighted by atomic mass is 79.9. The normalized spacial score (nSPS) is 12.0. The third-order valence-electron chi connectivity index (χ3n) is 2.59. The van der Waals surface area contributed by atoms with Gasteiger partial charge in [-0.2, -0.15) is 0 Å². The molecule has 0 bridgehead atoms. The molecule has 1 amide bonds. The molecule has 0 aliphatic heterocycles. The van der Waals surface area contributed by atoms with E-state index >= 15 is 0 Å². The molecule has 7 heteroatoms. The Morgan fingerprint density at radius 3 is 2.62 bits per heavy atom. The summed E-state index contributed by atoms with van der Waals surface area (Å²) in [5, 5.41) is 11.4. The fraction of sp³-hybridized carbons (Fsp3) is 0.429. The molecule has 1 aromatic carbocycles. The van der Waals surface area contributed by atoms with E-state index in [0.29, 0.717) is 10.9 Å². The molecule has 1 atom stereocenters. The number of aliphatic carboxylic acids is 1. The molecule has 0 heterocycles. The number of benzene rings is 1. The number of carboxylic acid groups (broad SMARTS) is 1. The molecule has 0 radical (unpaired) electrons. The van der Waals surface area contributed by atoms with Gasteiger partial charge in [0.25, 0.3) is 5.91 Å². The minimum absolute atomic E-state index is 0.0657. The zero-order chi connectivity index (χ0) is 16.0. The first-order chi connectivity index (χ1) is 9.79. The van der Waals surface area contributed by atoms with Gasteiger partial charge in [0.1, 0.15) is 6.04 Å². The van der Waals surface area contributed by atoms with Gasteiger partial charge in [0, 0.05) is 4.47 Å². The van der Waals surface area contributed by atoms with E-state index in [9.17, 15) is 14.0 Å². The summed E-state index contributed by atoms with van der Waals surface area (Å²) in [6, 6.07) is 3.20. The van der Waals surface area contributed by atoms with Crippen LogP contribution < -0.4 is 10.1 Å². The van der Waals surface area contributed by atoms with Gasteiger partial charge >= 0.3 is 5.97 Å².